The van der Waals surface area contributed by atoms with Crippen LogP contribution >= 0.6 is 22.9 Å². The molecule has 0 unspecified atom stereocenters. The Kier molecular flexibility index (Phi) is 7.59. The maximum absolute atomic E-state index is 13.3. The lowest BCUT2D eigenvalue weighted by Crippen LogP contribution is -2.44. The smallest absolute Gasteiger partial charge is 0.443 e. The number of thiazole rings is 1. The van der Waals surface area contributed by atoms with Crippen LogP contribution in [0.25, 0.3) is 10.4 Å². The number of aromatic nitrogens is 1. The molecule has 0 aliphatic carbocycles. The summed E-state index contributed by atoms with van der Waals surface area (Å²) < 4.78 is 56.8. The SMILES string of the molecule is COc1cc(-c2cnc(C(F)(F)F)s2)c(O[C@H]2CCN3C(=O)OC[C@@H]3C2)cc1C(=O)NCc1ccc(Cl)cc1. The number of methoxy groups -OCH3 is 1. The molecule has 0 bridgehead atoms. The molecule has 2 amide bonds. The van der Waals surface area contributed by atoms with E-state index in [-0.39, 0.29) is 53.3 Å². The van der Waals surface area contributed by atoms with E-state index in [4.69, 9.17) is 25.8 Å². The molecule has 2 fully saturated rings. The largest absolute Gasteiger partial charge is 0.496 e. The van der Waals surface area contributed by atoms with Crippen molar-refractivity contribution in [2.45, 2.75) is 37.7 Å². The molecule has 5 rings (SSSR count). The van der Waals surface area contributed by atoms with E-state index in [9.17, 15) is 22.8 Å². The average Bonchev–Trinajstić information content (AvgIpc) is 3.55. The predicted molar refractivity (Wildman–Crippen MR) is 137 cm³/mol. The summed E-state index contributed by atoms with van der Waals surface area (Å²) in [5.74, 6) is -0.0749. The lowest BCUT2D eigenvalue weighted by atomic mass is 10.0. The third-order valence-electron chi connectivity index (χ3n) is 6.52. The highest BCUT2D eigenvalue weighted by Crippen LogP contribution is 2.43. The standard InChI is InChI=1S/C26H23ClF3N3O5S/c1-36-20-9-18(22-12-32-24(39-22)26(28,29)30)21(38-17-6-7-33-16(8-17)13-37-25(33)35)10-19(20)23(34)31-11-14-2-4-15(27)5-3-14/h2-5,9-10,12,16-17H,6-8,11,13H2,1H3,(H,31,34)/t16-,17-/m0/s1. The van der Waals surface area contributed by atoms with Gasteiger partial charge in [-0.15, -0.1) is 11.3 Å². The second-order valence-electron chi connectivity index (χ2n) is 9.07. The third-order valence-corrected chi connectivity index (χ3v) is 7.85. The Morgan fingerprint density at radius 2 is 2.03 bits per heavy atom. The van der Waals surface area contributed by atoms with E-state index in [0.717, 1.165) is 11.8 Å². The molecular formula is C26H23ClF3N3O5S. The van der Waals surface area contributed by atoms with Crippen molar-refractivity contribution >= 4 is 34.9 Å². The van der Waals surface area contributed by atoms with Gasteiger partial charge in [-0.2, -0.15) is 13.2 Å². The maximum Gasteiger partial charge on any atom is 0.443 e. The summed E-state index contributed by atoms with van der Waals surface area (Å²) in [5.41, 5.74) is 1.29. The van der Waals surface area contributed by atoms with Crippen molar-refractivity contribution in [3.05, 3.63) is 63.8 Å². The number of piperidine rings is 1. The van der Waals surface area contributed by atoms with Gasteiger partial charge in [-0.1, -0.05) is 23.7 Å². The first-order chi connectivity index (χ1) is 18.6. The number of cyclic esters (lactones) is 1. The van der Waals surface area contributed by atoms with Crippen LogP contribution in [0.15, 0.2) is 42.6 Å². The first-order valence-electron chi connectivity index (χ1n) is 12.0. The van der Waals surface area contributed by atoms with Gasteiger partial charge >= 0.3 is 12.3 Å². The zero-order chi connectivity index (χ0) is 27.7. The van der Waals surface area contributed by atoms with E-state index in [0.29, 0.717) is 41.3 Å². The van der Waals surface area contributed by atoms with Crippen molar-refractivity contribution in [1.82, 2.24) is 15.2 Å². The molecule has 13 heteroatoms. The van der Waals surface area contributed by atoms with Gasteiger partial charge in [0.1, 0.15) is 24.2 Å². The van der Waals surface area contributed by atoms with Gasteiger partial charge < -0.3 is 24.4 Å². The molecule has 1 N–H and O–H groups in total. The van der Waals surface area contributed by atoms with Crippen molar-refractivity contribution in [2.75, 3.05) is 20.3 Å². The normalized spacial score (nSPS) is 18.9. The Hall–Kier alpha value is -3.51. The third kappa shape index (κ3) is 5.91. The lowest BCUT2D eigenvalue weighted by Gasteiger charge is -2.33. The molecule has 206 valence electrons. The van der Waals surface area contributed by atoms with Crippen LogP contribution in [0.3, 0.4) is 0 Å². The highest BCUT2D eigenvalue weighted by molar-refractivity contribution is 7.15. The number of halogens is 4. The van der Waals surface area contributed by atoms with Crippen LogP contribution in [0.4, 0.5) is 18.0 Å². The Balaban J connectivity index is 1.46. The highest BCUT2D eigenvalue weighted by atomic mass is 35.5. The second kappa shape index (κ2) is 10.9. The zero-order valence-electron chi connectivity index (χ0n) is 20.6. The molecule has 3 heterocycles. The fraction of sp³-hybridized carbons (Fsp3) is 0.346. The summed E-state index contributed by atoms with van der Waals surface area (Å²) in [6.07, 6.45) is -3.23. The van der Waals surface area contributed by atoms with Crippen LogP contribution in [-0.4, -0.2) is 54.3 Å². The van der Waals surface area contributed by atoms with E-state index in [1.807, 2.05) is 0 Å². The van der Waals surface area contributed by atoms with Crippen LogP contribution in [-0.2, 0) is 17.5 Å². The minimum Gasteiger partial charge on any atom is -0.496 e. The van der Waals surface area contributed by atoms with Crippen LogP contribution in [0.1, 0.15) is 33.8 Å². The number of hydrogen-bond donors (Lipinski definition) is 1. The molecule has 2 aliphatic rings. The van der Waals surface area contributed by atoms with Gasteiger partial charge in [-0.05, 0) is 29.8 Å². The lowest BCUT2D eigenvalue weighted by molar-refractivity contribution is -0.137. The molecule has 0 saturated carbocycles. The first-order valence-corrected chi connectivity index (χ1v) is 13.2. The van der Waals surface area contributed by atoms with Crippen molar-refractivity contribution in [3.63, 3.8) is 0 Å². The molecular weight excluding hydrogens is 559 g/mol. The van der Waals surface area contributed by atoms with E-state index in [2.05, 4.69) is 10.3 Å². The number of benzene rings is 2. The number of rotatable bonds is 7. The van der Waals surface area contributed by atoms with Gasteiger partial charge in [0.15, 0.2) is 5.01 Å². The van der Waals surface area contributed by atoms with Gasteiger partial charge in [-0.25, -0.2) is 9.78 Å². The minimum absolute atomic E-state index is 0.152. The van der Waals surface area contributed by atoms with Crippen LogP contribution in [0.5, 0.6) is 11.5 Å². The Labute approximate surface area is 230 Å². The Morgan fingerprint density at radius 3 is 2.72 bits per heavy atom. The number of nitrogens with one attached hydrogen (secondary N) is 1. The molecule has 1 aromatic heterocycles. The predicted octanol–water partition coefficient (Wildman–Crippen LogP) is 5.78. The summed E-state index contributed by atoms with van der Waals surface area (Å²) in [5, 5.41) is 2.39. The number of carbonyl (C=O) groups excluding carboxylic acids is 2. The molecule has 2 saturated heterocycles. The molecule has 0 radical (unpaired) electrons. The van der Waals surface area contributed by atoms with Crippen molar-refractivity contribution in [2.24, 2.45) is 0 Å². The molecule has 8 nitrogen and oxygen atoms in total. The summed E-state index contributed by atoms with van der Waals surface area (Å²) in [6.45, 7) is 0.887. The maximum atomic E-state index is 13.3. The molecule has 2 aliphatic heterocycles. The summed E-state index contributed by atoms with van der Waals surface area (Å²) in [7, 11) is 1.37. The van der Waals surface area contributed by atoms with Crippen LogP contribution in [0, 0.1) is 0 Å². The van der Waals surface area contributed by atoms with Crippen molar-refractivity contribution in [1.29, 1.82) is 0 Å². The van der Waals surface area contributed by atoms with Crippen LogP contribution < -0.4 is 14.8 Å². The van der Waals surface area contributed by atoms with E-state index < -0.39 is 17.1 Å². The molecule has 2 aromatic carbocycles. The number of fused-ring (bicyclic) bond motifs is 1. The zero-order valence-corrected chi connectivity index (χ0v) is 22.2. The fourth-order valence-corrected chi connectivity index (χ4v) is 5.49. The van der Waals surface area contributed by atoms with E-state index >= 15 is 0 Å². The van der Waals surface area contributed by atoms with Gasteiger partial charge in [0, 0.05) is 42.7 Å². The topological polar surface area (TPSA) is 90.0 Å². The van der Waals surface area contributed by atoms with Gasteiger partial charge in [0.25, 0.3) is 5.91 Å². The number of alkyl halides is 3. The van der Waals surface area contributed by atoms with Crippen molar-refractivity contribution in [3.8, 4) is 21.9 Å². The number of nitrogens with zero attached hydrogens (tertiary/aromatic N) is 2. The van der Waals surface area contributed by atoms with Crippen LogP contribution in [0.2, 0.25) is 5.02 Å². The minimum atomic E-state index is -4.60. The summed E-state index contributed by atoms with van der Waals surface area (Å²) in [4.78, 5) is 30.4. The highest BCUT2D eigenvalue weighted by Gasteiger charge is 2.39. The van der Waals surface area contributed by atoms with Gasteiger partial charge in [-0.3, -0.25) is 4.79 Å². The summed E-state index contributed by atoms with van der Waals surface area (Å²) in [6, 6.07) is 9.79. The average molecular weight is 582 g/mol. The molecule has 39 heavy (non-hydrogen) atoms. The Bertz CT molecular complexity index is 1380. The number of ether oxygens (including phenoxy) is 3. The molecule has 0 spiro atoms. The quantitative estimate of drug-likeness (QED) is 0.380. The van der Waals surface area contributed by atoms with Gasteiger partial charge in [0.2, 0.25) is 0 Å². The number of carbonyl (C=O) groups is 2. The fourth-order valence-electron chi connectivity index (χ4n) is 4.56. The van der Waals surface area contributed by atoms with Crippen molar-refractivity contribution < 1.29 is 37.0 Å². The second-order valence-corrected chi connectivity index (χ2v) is 10.5. The first kappa shape index (κ1) is 27.1. The molecule has 2 atom stereocenters. The van der Waals surface area contributed by atoms with E-state index in [1.54, 1.807) is 29.2 Å². The van der Waals surface area contributed by atoms with E-state index in [1.165, 1.54) is 19.2 Å². The van der Waals surface area contributed by atoms with Gasteiger partial charge in [0.05, 0.1) is 23.6 Å². The molecule has 3 aromatic rings. The monoisotopic (exact) mass is 581 g/mol. The Morgan fingerprint density at radius 1 is 1.26 bits per heavy atom. The number of hydrogen-bond acceptors (Lipinski definition) is 7. The summed E-state index contributed by atoms with van der Waals surface area (Å²) >= 11 is 6.40. The number of amides is 2.